The molecule has 30 heavy (non-hydrogen) atoms. The normalized spacial score (nSPS) is 47.1. The van der Waals surface area contributed by atoms with Crippen molar-refractivity contribution in [2.24, 2.45) is 41.5 Å². The lowest BCUT2D eigenvalue weighted by molar-refractivity contribution is -0.133. The molecule has 4 fully saturated rings. The molecule has 4 heteroatoms. The summed E-state index contributed by atoms with van der Waals surface area (Å²) >= 11 is 0. The standard InChI is InChI=1S/C26H40N2O2/c1-15-21(16(2)28(5)27-15)12-17-13-23-20-7-6-18-14-19(29)8-10-25(18,3)22(20)9-11-26(23,4)24(17)30/h12,18-20,22-24,29-30H,6-11,13-14H2,1-5H3/b17-12+/t18-,19-,20-,22+,23+,24-,25+,26+/m1/s1. The number of aryl methyl sites for hydroxylation is 2. The summed E-state index contributed by atoms with van der Waals surface area (Å²) in [7, 11) is 2.00. The molecule has 2 N–H and O–H groups in total. The van der Waals surface area contributed by atoms with Gasteiger partial charge in [-0.25, -0.2) is 0 Å². The predicted octanol–water partition coefficient (Wildman–Crippen LogP) is 4.79. The van der Waals surface area contributed by atoms with E-state index in [0.717, 1.165) is 43.2 Å². The van der Waals surface area contributed by atoms with Crippen molar-refractivity contribution in [2.75, 3.05) is 0 Å². The molecule has 5 rings (SSSR count). The third-order valence-corrected chi connectivity index (χ3v) is 10.4. The van der Waals surface area contributed by atoms with Crippen LogP contribution in [0, 0.1) is 48.3 Å². The van der Waals surface area contributed by atoms with Gasteiger partial charge in [0.15, 0.2) is 0 Å². The Morgan fingerprint density at radius 3 is 2.43 bits per heavy atom. The lowest BCUT2D eigenvalue weighted by Crippen LogP contribution is -2.54. The average molecular weight is 413 g/mol. The molecule has 0 unspecified atom stereocenters. The number of rotatable bonds is 1. The van der Waals surface area contributed by atoms with Gasteiger partial charge in [0.25, 0.3) is 0 Å². The second kappa shape index (κ2) is 6.93. The maximum Gasteiger partial charge on any atom is 0.0809 e. The van der Waals surface area contributed by atoms with Crippen LogP contribution >= 0.6 is 0 Å². The fourth-order valence-electron chi connectivity index (χ4n) is 8.42. The maximum absolute atomic E-state index is 11.5. The zero-order chi connectivity index (χ0) is 21.4. The molecule has 166 valence electrons. The number of aliphatic hydroxyl groups excluding tert-OH is 2. The van der Waals surface area contributed by atoms with E-state index in [9.17, 15) is 10.2 Å². The van der Waals surface area contributed by atoms with Crippen molar-refractivity contribution in [1.29, 1.82) is 0 Å². The number of nitrogens with zero attached hydrogens (tertiary/aromatic N) is 2. The zero-order valence-electron chi connectivity index (χ0n) is 19.5. The van der Waals surface area contributed by atoms with Crippen LogP contribution in [-0.2, 0) is 7.05 Å². The van der Waals surface area contributed by atoms with Crippen LogP contribution in [0.3, 0.4) is 0 Å². The van der Waals surface area contributed by atoms with Gasteiger partial charge in [-0.1, -0.05) is 13.8 Å². The van der Waals surface area contributed by atoms with Gasteiger partial charge < -0.3 is 10.2 Å². The Kier molecular flexibility index (Phi) is 4.80. The monoisotopic (exact) mass is 412 g/mol. The van der Waals surface area contributed by atoms with Crippen molar-refractivity contribution >= 4 is 6.08 Å². The topological polar surface area (TPSA) is 58.3 Å². The Morgan fingerprint density at radius 2 is 1.73 bits per heavy atom. The minimum absolute atomic E-state index is 0.00833. The van der Waals surface area contributed by atoms with Crippen molar-refractivity contribution in [3.8, 4) is 0 Å². The Balaban J connectivity index is 1.46. The Hall–Kier alpha value is -1.13. The first kappa shape index (κ1) is 20.8. The molecular formula is C26H40N2O2. The minimum atomic E-state index is -0.332. The van der Waals surface area contributed by atoms with Crippen molar-refractivity contribution in [3.05, 3.63) is 22.5 Å². The molecule has 8 atom stereocenters. The van der Waals surface area contributed by atoms with E-state index in [1.807, 2.05) is 11.7 Å². The number of hydrogen-bond donors (Lipinski definition) is 2. The van der Waals surface area contributed by atoms with Crippen molar-refractivity contribution in [3.63, 3.8) is 0 Å². The lowest BCUT2D eigenvalue weighted by Gasteiger charge is -2.60. The maximum atomic E-state index is 11.5. The van der Waals surface area contributed by atoms with Crippen LogP contribution in [0.2, 0.25) is 0 Å². The van der Waals surface area contributed by atoms with Gasteiger partial charge >= 0.3 is 0 Å². The third-order valence-electron chi connectivity index (χ3n) is 10.4. The molecule has 1 heterocycles. The summed E-state index contributed by atoms with van der Waals surface area (Å²) in [5.41, 5.74) is 5.06. The Bertz CT molecular complexity index is 873. The van der Waals surface area contributed by atoms with E-state index in [4.69, 9.17) is 0 Å². The van der Waals surface area contributed by atoms with Crippen LogP contribution in [0.4, 0.5) is 0 Å². The van der Waals surface area contributed by atoms with E-state index >= 15 is 0 Å². The second-order valence-electron chi connectivity index (χ2n) is 11.7. The fourth-order valence-corrected chi connectivity index (χ4v) is 8.42. The van der Waals surface area contributed by atoms with Crippen molar-refractivity contribution in [2.45, 2.75) is 91.3 Å². The zero-order valence-corrected chi connectivity index (χ0v) is 19.5. The quantitative estimate of drug-likeness (QED) is 0.697. The first-order valence-electron chi connectivity index (χ1n) is 12.2. The molecule has 0 spiro atoms. The van der Waals surface area contributed by atoms with Gasteiger partial charge in [-0.2, -0.15) is 5.10 Å². The summed E-state index contributed by atoms with van der Waals surface area (Å²) in [4.78, 5) is 0. The highest BCUT2D eigenvalue weighted by molar-refractivity contribution is 5.59. The summed E-state index contributed by atoms with van der Waals surface area (Å²) < 4.78 is 1.95. The predicted molar refractivity (Wildman–Crippen MR) is 120 cm³/mol. The summed E-state index contributed by atoms with van der Waals surface area (Å²) in [5, 5.41) is 26.3. The first-order valence-corrected chi connectivity index (χ1v) is 12.2. The van der Waals surface area contributed by atoms with Gasteiger partial charge in [0.05, 0.1) is 17.9 Å². The third kappa shape index (κ3) is 2.82. The number of hydrogen-bond acceptors (Lipinski definition) is 3. The smallest absolute Gasteiger partial charge is 0.0809 e. The number of aliphatic hydroxyl groups is 2. The second-order valence-corrected chi connectivity index (χ2v) is 11.7. The highest BCUT2D eigenvalue weighted by atomic mass is 16.3. The summed E-state index contributed by atoms with van der Waals surface area (Å²) in [6, 6.07) is 0. The van der Waals surface area contributed by atoms with Crippen LogP contribution < -0.4 is 0 Å². The summed E-state index contributed by atoms with van der Waals surface area (Å²) in [6.07, 6.45) is 11.0. The molecule has 0 aromatic carbocycles. The van der Waals surface area contributed by atoms with Gasteiger partial charge in [-0.15, -0.1) is 0 Å². The van der Waals surface area contributed by atoms with Crippen LogP contribution in [0.1, 0.15) is 82.2 Å². The van der Waals surface area contributed by atoms with Crippen LogP contribution in [0.5, 0.6) is 0 Å². The number of fused-ring (bicyclic) bond motifs is 5. The number of aromatic nitrogens is 2. The van der Waals surface area contributed by atoms with Crippen LogP contribution in [-0.4, -0.2) is 32.2 Å². The summed E-state index contributed by atoms with van der Waals surface area (Å²) in [6.45, 7) is 9.10. The molecule has 4 aliphatic rings. The molecule has 0 radical (unpaired) electrons. The van der Waals surface area contributed by atoms with E-state index in [1.54, 1.807) is 0 Å². The Labute approximate surface area is 181 Å². The van der Waals surface area contributed by atoms with E-state index in [0.29, 0.717) is 17.3 Å². The SMILES string of the molecule is Cc1nn(C)c(C)c1/C=C1\C[C@H]2[C@@H]3CC[C@@H]4C[C@H](O)CC[C@]4(C)[C@H]3CC[C@]2(C)[C@@H]1O. The van der Waals surface area contributed by atoms with E-state index < -0.39 is 0 Å². The van der Waals surface area contributed by atoms with Crippen LogP contribution in [0.15, 0.2) is 5.57 Å². The summed E-state index contributed by atoms with van der Waals surface area (Å²) in [5.74, 6) is 2.75. The van der Waals surface area contributed by atoms with Gasteiger partial charge in [-0.3, -0.25) is 4.68 Å². The van der Waals surface area contributed by atoms with Gasteiger partial charge in [-0.05, 0) is 106 Å². The minimum Gasteiger partial charge on any atom is -0.393 e. The fraction of sp³-hybridized carbons (Fsp3) is 0.808. The molecule has 4 saturated carbocycles. The van der Waals surface area contributed by atoms with Gasteiger partial charge in [0.1, 0.15) is 0 Å². The molecule has 0 bridgehead atoms. The molecule has 0 aliphatic heterocycles. The van der Waals surface area contributed by atoms with Gasteiger partial charge in [0, 0.05) is 23.7 Å². The Morgan fingerprint density at radius 1 is 1.00 bits per heavy atom. The molecule has 1 aromatic heterocycles. The van der Waals surface area contributed by atoms with E-state index in [2.05, 4.69) is 38.9 Å². The molecular weight excluding hydrogens is 372 g/mol. The largest absolute Gasteiger partial charge is 0.393 e. The molecule has 4 aliphatic carbocycles. The van der Waals surface area contributed by atoms with Crippen molar-refractivity contribution < 1.29 is 10.2 Å². The van der Waals surface area contributed by atoms with Crippen molar-refractivity contribution in [1.82, 2.24) is 9.78 Å². The molecule has 4 nitrogen and oxygen atoms in total. The molecule has 1 aromatic rings. The molecule has 0 saturated heterocycles. The average Bonchev–Trinajstić information content (AvgIpc) is 3.10. The highest BCUT2D eigenvalue weighted by Gasteiger charge is 2.61. The van der Waals surface area contributed by atoms with E-state index in [1.165, 1.54) is 42.5 Å². The van der Waals surface area contributed by atoms with Gasteiger partial charge in [0.2, 0.25) is 0 Å². The molecule has 0 amide bonds. The lowest BCUT2D eigenvalue weighted by atomic mass is 9.45. The van der Waals surface area contributed by atoms with Crippen LogP contribution in [0.25, 0.3) is 6.08 Å². The van der Waals surface area contributed by atoms with E-state index in [-0.39, 0.29) is 17.6 Å². The highest BCUT2D eigenvalue weighted by Crippen LogP contribution is 2.67. The first-order chi connectivity index (χ1) is 14.1.